The van der Waals surface area contributed by atoms with E-state index in [0.29, 0.717) is 6.04 Å². The average Bonchev–Trinajstić information content (AvgIpc) is 2.37. The molecule has 18 heavy (non-hydrogen) atoms. The summed E-state index contributed by atoms with van der Waals surface area (Å²) in [7, 11) is 1.74. The van der Waals surface area contributed by atoms with Gasteiger partial charge in [-0.2, -0.15) is 0 Å². The van der Waals surface area contributed by atoms with Crippen molar-refractivity contribution >= 4 is 0 Å². The summed E-state index contributed by atoms with van der Waals surface area (Å²) >= 11 is 0. The predicted octanol–water partition coefficient (Wildman–Crippen LogP) is 3.68. The van der Waals surface area contributed by atoms with Crippen molar-refractivity contribution < 1.29 is 4.74 Å². The molecule has 1 aromatic rings. The van der Waals surface area contributed by atoms with E-state index in [0.717, 1.165) is 25.0 Å². The highest BCUT2D eigenvalue weighted by molar-refractivity contribution is 5.48. The number of hydrogen-bond donors (Lipinski definition) is 1. The molecule has 0 bridgehead atoms. The van der Waals surface area contributed by atoms with Gasteiger partial charge in [-0.1, -0.05) is 6.92 Å². The van der Waals surface area contributed by atoms with E-state index in [-0.39, 0.29) is 0 Å². The first-order valence-corrected chi connectivity index (χ1v) is 6.90. The lowest BCUT2D eigenvalue weighted by Crippen LogP contribution is -2.18. The summed E-state index contributed by atoms with van der Waals surface area (Å²) in [5.41, 5.74) is 11.4. The lowest BCUT2D eigenvalue weighted by atomic mass is 9.93. The molecule has 0 aliphatic rings. The Kier molecular flexibility index (Phi) is 5.67. The van der Waals surface area contributed by atoms with E-state index in [1.807, 2.05) is 0 Å². The van der Waals surface area contributed by atoms with Crippen molar-refractivity contribution in [2.24, 2.45) is 5.73 Å². The van der Waals surface area contributed by atoms with Crippen molar-refractivity contribution in [1.82, 2.24) is 0 Å². The Bertz CT molecular complexity index is 399. The van der Waals surface area contributed by atoms with Crippen LogP contribution in [-0.2, 0) is 6.42 Å². The molecule has 0 heterocycles. The van der Waals surface area contributed by atoms with Crippen molar-refractivity contribution in [1.29, 1.82) is 0 Å². The Morgan fingerprint density at radius 3 is 2.44 bits per heavy atom. The highest BCUT2D eigenvalue weighted by atomic mass is 16.5. The first-order valence-electron chi connectivity index (χ1n) is 6.90. The zero-order chi connectivity index (χ0) is 13.7. The minimum absolute atomic E-state index is 0.352. The van der Waals surface area contributed by atoms with Gasteiger partial charge in [-0.05, 0) is 74.8 Å². The molecule has 1 atom stereocenters. The molecule has 2 heteroatoms. The summed E-state index contributed by atoms with van der Waals surface area (Å²) in [6, 6.07) is 2.50. The van der Waals surface area contributed by atoms with Crippen molar-refractivity contribution in [3.8, 4) is 5.75 Å². The van der Waals surface area contributed by atoms with Gasteiger partial charge in [0.1, 0.15) is 5.75 Å². The fourth-order valence-corrected chi connectivity index (χ4v) is 2.44. The standard InChI is InChI=1S/C16H27NO/c1-6-14(17)8-7-9-15-11(2)10-16(18-5)13(4)12(15)3/h10,14H,6-9,17H2,1-5H3. The third-order valence-electron chi connectivity index (χ3n) is 3.95. The van der Waals surface area contributed by atoms with E-state index in [2.05, 4.69) is 33.8 Å². The summed E-state index contributed by atoms with van der Waals surface area (Å²) < 4.78 is 5.40. The predicted molar refractivity (Wildman–Crippen MR) is 78.4 cm³/mol. The van der Waals surface area contributed by atoms with Gasteiger partial charge < -0.3 is 10.5 Å². The minimum Gasteiger partial charge on any atom is -0.496 e. The maximum atomic E-state index is 5.97. The quantitative estimate of drug-likeness (QED) is 0.834. The topological polar surface area (TPSA) is 35.2 Å². The molecule has 1 unspecified atom stereocenters. The summed E-state index contributed by atoms with van der Waals surface area (Å²) in [6.45, 7) is 8.65. The van der Waals surface area contributed by atoms with Crippen molar-refractivity contribution in [2.75, 3.05) is 7.11 Å². The zero-order valence-electron chi connectivity index (χ0n) is 12.5. The largest absolute Gasteiger partial charge is 0.496 e. The molecule has 0 radical (unpaired) electrons. The van der Waals surface area contributed by atoms with Crippen LogP contribution in [0.3, 0.4) is 0 Å². The monoisotopic (exact) mass is 249 g/mol. The van der Waals surface area contributed by atoms with E-state index < -0.39 is 0 Å². The van der Waals surface area contributed by atoms with Gasteiger partial charge in [0.25, 0.3) is 0 Å². The lowest BCUT2D eigenvalue weighted by molar-refractivity contribution is 0.410. The van der Waals surface area contributed by atoms with Crippen LogP contribution < -0.4 is 10.5 Å². The van der Waals surface area contributed by atoms with Gasteiger partial charge in [-0.3, -0.25) is 0 Å². The first-order chi connectivity index (χ1) is 8.51. The summed E-state index contributed by atoms with van der Waals surface area (Å²) in [5.74, 6) is 0.999. The van der Waals surface area contributed by atoms with Crippen LogP contribution in [0.5, 0.6) is 5.75 Å². The van der Waals surface area contributed by atoms with Gasteiger partial charge in [0, 0.05) is 6.04 Å². The molecule has 1 rings (SSSR count). The summed E-state index contributed by atoms with van der Waals surface area (Å²) in [5, 5.41) is 0. The number of rotatable bonds is 6. The smallest absolute Gasteiger partial charge is 0.122 e. The normalized spacial score (nSPS) is 12.6. The van der Waals surface area contributed by atoms with Gasteiger partial charge in [-0.15, -0.1) is 0 Å². The van der Waals surface area contributed by atoms with Crippen LogP contribution >= 0.6 is 0 Å². The molecule has 0 amide bonds. The molecule has 2 N–H and O–H groups in total. The van der Waals surface area contributed by atoms with Gasteiger partial charge in [-0.25, -0.2) is 0 Å². The van der Waals surface area contributed by atoms with Crippen LogP contribution in [0.25, 0.3) is 0 Å². The van der Waals surface area contributed by atoms with Crippen LogP contribution in [0.4, 0.5) is 0 Å². The molecule has 0 spiro atoms. The van der Waals surface area contributed by atoms with E-state index in [9.17, 15) is 0 Å². The Hall–Kier alpha value is -1.02. The third kappa shape index (κ3) is 3.49. The second kappa shape index (κ2) is 6.79. The molecule has 0 saturated heterocycles. The highest BCUT2D eigenvalue weighted by Gasteiger charge is 2.10. The fraction of sp³-hybridized carbons (Fsp3) is 0.625. The van der Waals surface area contributed by atoms with Crippen LogP contribution in [-0.4, -0.2) is 13.2 Å². The van der Waals surface area contributed by atoms with Crippen LogP contribution in [0.1, 0.15) is 48.4 Å². The van der Waals surface area contributed by atoms with Gasteiger partial charge in [0.15, 0.2) is 0 Å². The Morgan fingerprint density at radius 1 is 1.22 bits per heavy atom. The van der Waals surface area contributed by atoms with Crippen molar-refractivity contribution in [2.45, 2.75) is 59.4 Å². The second-order valence-corrected chi connectivity index (χ2v) is 5.18. The molecule has 0 fully saturated rings. The molecule has 102 valence electrons. The summed E-state index contributed by atoms with van der Waals surface area (Å²) in [6.07, 6.45) is 4.47. The van der Waals surface area contributed by atoms with Crippen molar-refractivity contribution in [3.05, 3.63) is 28.3 Å². The Morgan fingerprint density at radius 2 is 1.89 bits per heavy atom. The Balaban J connectivity index is 2.80. The molecule has 0 saturated carbocycles. The molecule has 2 nitrogen and oxygen atoms in total. The van der Waals surface area contributed by atoms with Gasteiger partial charge in [0.05, 0.1) is 7.11 Å². The second-order valence-electron chi connectivity index (χ2n) is 5.18. The molecule has 0 aliphatic carbocycles. The molecule has 1 aromatic carbocycles. The van der Waals surface area contributed by atoms with E-state index in [1.165, 1.54) is 28.7 Å². The van der Waals surface area contributed by atoms with E-state index >= 15 is 0 Å². The number of methoxy groups -OCH3 is 1. The van der Waals surface area contributed by atoms with Crippen molar-refractivity contribution in [3.63, 3.8) is 0 Å². The lowest BCUT2D eigenvalue weighted by Gasteiger charge is -2.16. The molecule has 0 aliphatic heterocycles. The van der Waals surface area contributed by atoms with Crippen LogP contribution in [0.2, 0.25) is 0 Å². The van der Waals surface area contributed by atoms with Gasteiger partial charge in [0.2, 0.25) is 0 Å². The number of nitrogens with two attached hydrogens (primary N) is 1. The summed E-state index contributed by atoms with van der Waals surface area (Å²) in [4.78, 5) is 0. The molecular weight excluding hydrogens is 222 g/mol. The van der Waals surface area contributed by atoms with E-state index in [4.69, 9.17) is 10.5 Å². The highest BCUT2D eigenvalue weighted by Crippen LogP contribution is 2.28. The average molecular weight is 249 g/mol. The van der Waals surface area contributed by atoms with E-state index in [1.54, 1.807) is 7.11 Å². The maximum Gasteiger partial charge on any atom is 0.122 e. The number of hydrogen-bond acceptors (Lipinski definition) is 2. The van der Waals surface area contributed by atoms with Gasteiger partial charge >= 0.3 is 0 Å². The first kappa shape index (κ1) is 15.0. The number of benzene rings is 1. The maximum absolute atomic E-state index is 5.97. The zero-order valence-corrected chi connectivity index (χ0v) is 12.5. The fourth-order valence-electron chi connectivity index (χ4n) is 2.44. The molecule has 0 aromatic heterocycles. The molecular formula is C16H27NO. The third-order valence-corrected chi connectivity index (χ3v) is 3.95. The SMILES string of the molecule is CCC(N)CCCc1c(C)cc(OC)c(C)c1C. The number of ether oxygens (including phenoxy) is 1. The number of aryl methyl sites for hydroxylation is 1. The Labute approximate surface area is 112 Å². The van der Waals surface area contributed by atoms with Crippen LogP contribution in [0, 0.1) is 20.8 Å². The minimum atomic E-state index is 0.352. The van der Waals surface area contributed by atoms with Crippen LogP contribution in [0.15, 0.2) is 6.07 Å².